The molecule has 11 heteroatoms. The second-order valence-corrected chi connectivity index (χ2v) is 6.53. The van der Waals surface area contributed by atoms with Crippen molar-refractivity contribution in [1.82, 2.24) is 14.7 Å². The highest BCUT2D eigenvalue weighted by Gasteiger charge is 2.21. The molecule has 2 N–H and O–H groups in total. The number of methoxy groups -OCH3 is 3. The number of carbonyl (C=O) groups is 1. The number of nitrogens with zero attached hydrogens (tertiary/aromatic N) is 2. The Balaban J connectivity index is 2.19. The van der Waals surface area contributed by atoms with Crippen molar-refractivity contribution < 1.29 is 27.4 Å². The number of carbonyl (C=O) groups excluding carboxylic acids is 1. The molecular formula is C15H18N4O6S. The number of nitrogens with one attached hydrogen (secondary N) is 2. The van der Waals surface area contributed by atoms with E-state index in [-0.39, 0.29) is 29.2 Å². The van der Waals surface area contributed by atoms with Crippen molar-refractivity contribution in [3.63, 3.8) is 0 Å². The molecule has 0 fully saturated rings. The fourth-order valence-electron chi connectivity index (χ4n) is 2.01. The van der Waals surface area contributed by atoms with E-state index in [2.05, 4.69) is 15.3 Å². The molecule has 0 spiro atoms. The standard InChI is InChI=1S/C15H18N4O6S/c1-23-9-10-6-4-5-7-11(10)26(21,22)19-15(20)18-14-16-12(24-2)8-13(17-14)25-3/h4-8H,9H2,1-3H3,(H2,16,17,18,19,20). The van der Waals surface area contributed by atoms with E-state index in [0.29, 0.717) is 5.56 Å². The summed E-state index contributed by atoms with van der Waals surface area (Å²) in [5.41, 5.74) is 0.412. The van der Waals surface area contributed by atoms with Crippen molar-refractivity contribution in [3.8, 4) is 11.8 Å². The molecule has 0 bridgehead atoms. The largest absolute Gasteiger partial charge is 0.481 e. The van der Waals surface area contributed by atoms with Crippen molar-refractivity contribution in [2.75, 3.05) is 26.6 Å². The summed E-state index contributed by atoms with van der Waals surface area (Å²) in [4.78, 5) is 19.8. The van der Waals surface area contributed by atoms with Gasteiger partial charge in [-0.25, -0.2) is 17.9 Å². The minimum Gasteiger partial charge on any atom is -0.481 e. The van der Waals surface area contributed by atoms with Crippen LogP contribution < -0.4 is 19.5 Å². The number of hydrogen-bond donors (Lipinski definition) is 2. The van der Waals surface area contributed by atoms with E-state index in [0.717, 1.165) is 0 Å². The zero-order valence-electron chi connectivity index (χ0n) is 14.3. The van der Waals surface area contributed by atoms with Gasteiger partial charge in [0, 0.05) is 7.11 Å². The second kappa shape index (κ2) is 8.45. The first kappa shape index (κ1) is 19.4. The van der Waals surface area contributed by atoms with Gasteiger partial charge in [0.2, 0.25) is 17.7 Å². The van der Waals surface area contributed by atoms with E-state index >= 15 is 0 Å². The minimum absolute atomic E-state index is 0.0684. The van der Waals surface area contributed by atoms with Crippen LogP contribution in [0.25, 0.3) is 0 Å². The van der Waals surface area contributed by atoms with E-state index in [4.69, 9.17) is 14.2 Å². The van der Waals surface area contributed by atoms with Gasteiger partial charge in [0.15, 0.2) is 0 Å². The van der Waals surface area contributed by atoms with Gasteiger partial charge in [-0.3, -0.25) is 5.32 Å². The summed E-state index contributed by atoms with van der Waals surface area (Å²) in [5, 5.41) is 2.23. The number of urea groups is 1. The Morgan fingerprint density at radius 2 is 1.69 bits per heavy atom. The van der Waals surface area contributed by atoms with E-state index in [1.54, 1.807) is 18.2 Å². The van der Waals surface area contributed by atoms with E-state index in [1.807, 2.05) is 4.72 Å². The van der Waals surface area contributed by atoms with Crippen molar-refractivity contribution in [1.29, 1.82) is 0 Å². The third kappa shape index (κ3) is 4.80. The van der Waals surface area contributed by atoms with Gasteiger partial charge in [0.1, 0.15) is 0 Å². The predicted octanol–water partition coefficient (Wildman–Crippen LogP) is 1.15. The van der Waals surface area contributed by atoms with Gasteiger partial charge in [-0.15, -0.1) is 0 Å². The summed E-state index contributed by atoms with van der Waals surface area (Å²) in [7, 11) is 0.0732. The summed E-state index contributed by atoms with van der Waals surface area (Å²) >= 11 is 0. The molecule has 2 rings (SSSR count). The molecule has 2 amide bonds. The fourth-order valence-corrected chi connectivity index (χ4v) is 3.15. The third-order valence-electron chi connectivity index (χ3n) is 3.11. The zero-order chi connectivity index (χ0) is 19.2. The SMILES string of the molecule is COCc1ccccc1S(=O)(=O)NC(=O)Nc1nc(OC)cc(OC)n1. The molecule has 0 saturated carbocycles. The normalized spacial score (nSPS) is 10.9. The van der Waals surface area contributed by atoms with Crippen LogP contribution in [0.2, 0.25) is 0 Å². The number of anilines is 1. The maximum absolute atomic E-state index is 12.5. The molecule has 0 saturated heterocycles. The molecule has 140 valence electrons. The van der Waals surface area contributed by atoms with Crippen LogP contribution in [0.5, 0.6) is 11.8 Å². The number of benzene rings is 1. The second-order valence-electron chi connectivity index (χ2n) is 4.88. The molecule has 10 nitrogen and oxygen atoms in total. The summed E-state index contributed by atoms with van der Waals surface area (Å²) in [5.74, 6) is 0.0972. The first-order valence-electron chi connectivity index (χ1n) is 7.27. The quantitative estimate of drug-likeness (QED) is 0.730. The molecule has 0 aliphatic rings. The number of hydrogen-bond acceptors (Lipinski definition) is 8. The maximum Gasteiger partial charge on any atom is 0.335 e. The molecular weight excluding hydrogens is 364 g/mol. The monoisotopic (exact) mass is 382 g/mol. The molecule has 0 atom stereocenters. The highest BCUT2D eigenvalue weighted by molar-refractivity contribution is 7.90. The van der Waals surface area contributed by atoms with Crippen molar-refractivity contribution in [2.24, 2.45) is 0 Å². The minimum atomic E-state index is -4.12. The lowest BCUT2D eigenvalue weighted by atomic mass is 10.2. The highest BCUT2D eigenvalue weighted by Crippen LogP contribution is 2.18. The maximum atomic E-state index is 12.5. The summed E-state index contributed by atoms with van der Waals surface area (Å²) in [6, 6.07) is 6.54. The van der Waals surface area contributed by atoms with Crippen LogP contribution in [0, 0.1) is 0 Å². The average Bonchev–Trinajstić information content (AvgIpc) is 2.61. The third-order valence-corrected chi connectivity index (χ3v) is 4.54. The number of sulfonamides is 1. The van der Waals surface area contributed by atoms with Gasteiger partial charge in [0.05, 0.1) is 31.8 Å². The smallest absolute Gasteiger partial charge is 0.335 e. The zero-order valence-corrected chi connectivity index (χ0v) is 15.2. The molecule has 1 heterocycles. The van der Waals surface area contributed by atoms with Crippen molar-refractivity contribution >= 4 is 22.0 Å². The number of aromatic nitrogens is 2. The first-order valence-corrected chi connectivity index (χ1v) is 8.75. The molecule has 0 aliphatic heterocycles. The molecule has 0 radical (unpaired) electrons. The Morgan fingerprint density at radius 1 is 1.08 bits per heavy atom. The topological polar surface area (TPSA) is 129 Å². The lowest BCUT2D eigenvalue weighted by molar-refractivity contribution is 0.182. The fraction of sp³-hybridized carbons (Fsp3) is 0.267. The van der Waals surface area contributed by atoms with Crippen LogP contribution in [0.4, 0.5) is 10.7 Å². The molecule has 1 aromatic heterocycles. The van der Waals surface area contributed by atoms with Gasteiger partial charge in [-0.2, -0.15) is 9.97 Å². The van der Waals surface area contributed by atoms with Crippen LogP contribution in [0.1, 0.15) is 5.56 Å². The number of ether oxygens (including phenoxy) is 3. The van der Waals surface area contributed by atoms with Crippen LogP contribution in [0.3, 0.4) is 0 Å². The number of amides is 2. The Bertz CT molecular complexity index is 865. The van der Waals surface area contributed by atoms with Crippen LogP contribution in [0.15, 0.2) is 35.2 Å². The summed E-state index contributed by atoms with van der Waals surface area (Å²) < 4.78 is 41.7. The van der Waals surface area contributed by atoms with Crippen LogP contribution in [-0.4, -0.2) is 45.7 Å². The molecule has 26 heavy (non-hydrogen) atoms. The van der Waals surface area contributed by atoms with Gasteiger partial charge in [0.25, 0.3) is 10.0 Å². The van der Waals surface area contributed by atoms with E-state index in [9.17, 15) is 13.2 Å². The Labute approximate surface area is 150 Å². The van der Waals surface area contributed by atoms with Crippen LogP contribution in [-0.2, 0) is 21.4 Å². The summed E-state index contributed by atoms with van der Waals surface area (Å²) in [6.07, 6.45) is 0. The Kier molecular flexibility index (Phi) is 6.31. The molecule has 0 aliphatic carbocycles. The van der Waals surface area contributed by atoms with Gasteiger partial charge < -0.3 is 14.2 Å². The van der Waals surface area contributed by atoms with E-state index in [1.165, 1.54) is 33.5 Å². The lowest BCUT2D eigenvalue weighted by Crippen LogP contribution is -2.35. The van der Waals surface area contributed by atoms with Crippen molar-refractivity contribution in [3.05, 3.63) is 35.9 Å². The average molecular weight is 382 g/mol. The van der Waals surface area contributed by atoms with Gasteiger partial charge >= 0.3 is 6.03 Å². The Morgan fingerprint density at radius 3 is 2.27 bits per heavy atom. The highest BCUT2D eigenvalue weighted by atomic mass is 32.2. The van der Waals surface area contributed by atoms with Crippen LogP contribution >= 0.6 is 0 Å². The predicted molar refractivity (Wildman–Crippen MR) is 91.6 cm³/mol. The summed E-state index contributed by atoms with van der Waals surface area (Å²) in [6.45, 7) is 0.0783. The molecule has 1 aromatic carbocycles. The first-order chi connectivity index (χ1) is 12.4. The lowest BCUT2D eigenvalue weighted by Gasteiger charge is -2.12. The number of rotatable bonds is 7. The van der Waals surface area contributed by atoms with E-state index < -0.39 is 16.1 Å². The van der Waals surface area contributed by atoms with Gasteiger partial charge in [-0.1, -0.05) is 18.2 Å². The molecule has 2 aromatic rings. The van der Waals surface area contributed by atoms with Crippen molar-refractivity contribution in [2.45, 2.75) is 11.5 Å². The molecule has 0 unspecified atom stereocenters. The Hall–Kier alpha value is -2.92. The van der Waals surface area contributed by atoms with Gasteiger partial charge in [-0.05, 0) is 11.6 Å².